The molecule has 102 valence electrons. The smallest absolute Gasteiger partial charge is 0.282 e. The summed E-state index contributed by atoms with van der Waals surface area (Å²) in [6.45, 7) is 8.32. The highest BCUT2D eigenvalue weighted by molar-refractivity contribution is 7.86. The molecule has 0 radical (unpaired) electrons. The lowest BCUT2D eigenvalue weighted by Gasteiger charge is -2.30. The minimum absolute atomic E-state index is 0.116. The minimum atomic E-state index is -4.13. The van der Waals surface area contributed by atoms with E-state index in [1.807, 2.05) is 13.0 Å². The molecule has 0 fully saturated rings. The van der Waals surface area contributed by atoms with Crippen molar-refractivity contribution in [2.45, 2.75) is 50.7 Å². The molecule has 0 spiro atoms. The van der Waals surface area contributed by atoms with Gasteiger partial charge in [0.15, 0.2) is 0 Å². The van der Waals surface area contributed by atoms with Gasteiger partial charge in [-0.3, -0.25) is 4.55 Å². The molecule has 0 aliphatic rings. The topological polar surface area (TPSA) is 54.4 Å². The van der Waals surface area contributed by atoms with Crippen molar-refractivity contribution < 1.29 is 13.0 Å². The fourth-order valence-corrected chi connectivity index (χ4v) is 8.00. The Labute approximate surface area is 111 Å². The molecule has 0 unspecified atom stereocenters. The standard InChI is InChI=1S/C13H22O3SSi/c1-5-18(6-2,7-3)13-10-11(4)8-9-12(13)17(14,15)16/h8-10H,5-7H2,1-4H3,(H,14,15,16). The number of benzene rings is 1. The highest BCUT2D eigenvalue weighted by Crippen LogP contribution is 2.24. The first-order valence-corrected chi connectivity index (χ1v) is 10.5. The molecule has 18 heavy (non-hydrogen) atoms. The molecule has 0 bridgehead atoms. The van der Waals surface area contributed by atoms with E-state index in [0.717, 1.165) is 28.9 Å². The van der Waals surface area contributed by atoms with Gasteiger partial charge in [0.25, 0.3) is 10.1 Å². The first kappa shape index (κ1) is 15.4. The van der Waals surface area contributed by atoms with Gasteiger partial charge in [-0.25, -0.2) is 0 Å². The molecule has 0 saturated carbocycles. The van der Waals surface area contributed by atoms with Gasteiger partial charge in [-0.2, -0.15) is 8.42 Å². The van der Waals surface area contributed by atoms with Gasteiger partial charge < -0.3 is 0 Å². The van der Waals surface area contributed by atoms with Gasteiger partial charge in [0, 0.05) is 0 Å². The summed E-state index contributed by atoms with van der Waals surface area (Å²) < 4.78 is 32.5. The Kier molecular flexibility index (Phi) is 4.75. The van der Waals surface area contributed by atoms with Crippen molar-refractivity contribution in [3.05, 3.63) is 23.8 Å². The van der Waals surface area contributed by atoms with E-state index in [1.54, 1.807) is 12.1 Å². The summed E-state index contributed by atoms with van der Waals surface area (Å²) in [5.74, 6) is 0. The first-order chi connectivity index (χ1) is 8.30. The highest BCUT2D eigenvalue weighted by Gasteiger charge is 2.34. The summed E-state index contributed by atoms with van der Waals surface area (Å²) >= 11 is 0. The van der Waals surface area contributed by atoms with E-state index in [-0.39, 0.29) is 4.90 Å². The lowest BCUT2D eigenvalue weighted by atomic mass is 10.2. The molecule has 0 aromatic heterocycles. The van der Waals surface area contributed by atoms with Gasteiger partial charge in [0.05, 0.1) is 13.0 Å². The van der Waals surface area contributed by atoms with Gasteiger partial charge >= 0.3 is 0 Å². The zero-order chi connectivity index (χ0) is 14.0. The van der Waals surface area contributed by atoms with Crippen molar-refractivity contribution in [1.29, 1.82) is 0 Å². The maximum absolute atomic E-state index is 11.5. The minimum Gasteiger partial charge on any atom is -0.282 e. The van der Waals surface area contributed by atoms with E-state index < -0.39 is 18.2 Å². The Morgan fingerprint density at radius 2 is 1.61 bits per heavy atom. The number of rotatable bonds is 5. The van der Waals surface area contributed by atoms with Gasteiger partial charge in [-0.05, 0) is 18.2 Å². The van der Waals surface area contributed by atoms with Crippen LogP contribution in [0.1, 0.15) is 26.3 Å². The van der Waals surface area contributed by atoms with Gasteiger partial charge in [-0.1, -0.05) is 56.6 Å². The summed E-state index contributed by atoms with van der Waals surface area (Å²) in [5.41, 5.74) is 1.05. The van der Waals surface area contributed by atoms with E-state index in [2.05, 4.69) is 20.8 Å². The first-order valence-electron chi connectivity index (χ1n) is 6.39. The van der Waals surface area contributed by atoms with Crippen molar-refractivity contribution in [3.63, 3.8) is 0 Å². The van der Waals surface area contributed by atoms with E-state index >= 15 is 0 Å². The zero-order valence-electron chi connectivity index (χ0n) is 11.5. The maximum Gasteiger partial charge on any atom is 0.294 e. The Morgan fingerprint density at radius 1 is 1.11 bits per heavy atom. The molecule has 0 heterocycles. The summed E-state index contributed by atoms with van der Waals surface area (Å²) in [6.07, 6.45) is 0. The quantitative estimate of drug-likeness (QED) is 0.669. The van der Waals surface area contributed by atoms with Crippen LogP contribution in [0.5, 0.6) is 0 Å². The second kappa shape index (κ2) is 5.55. The lowest BCUT2D eigenvalue weighted by Crippen LogP contribution is -2.48. The predicted molar refractivity (Wildman–Crippen MR) is 77.8 cm³/mol. The fraction of sp³-hybridized carbons (Fsp3) is 0.538. The van der Waals surface area contributed by atoms with Crippen LogP contribution in [-0.4, -0.2) is 21.0 Å². The van der Waals surface area contributed by atoms with Gasteiger partial charge in [-0.15, -0.1) is 0 Å². The van der Waals surface area contributed by atoms with Crippen molar-refractivity contribution in [1.82, 2.24) is 0 Å². The highest BCUT2D eigenvalue weighted by atomic mass is 32.2. The van der Waals surface area contributed by atoms with E-state index in [4.69, 9.17) is 0 Å². The molecule has 0 saturated heterocycles. The average molecular weight is 286 g/mol. The van der Waals surface area contributed by atoms with Crippen molar-refractivity contribution >= 4 is 23.4 Å². The SMILES string of the molecule is CC[Si](CC)(CC)c1cc(C)ccc1S(=O)(=O)O. The molecular formula is C13H22O3SSi. The van der Waals surface area contributed by atoms with Crippen LogP contribution in [-0.2, 0) is 10.1 Å². The Bertz CT molecular complexity index is 511. The molecule has 0 atom stereocenters. The third kappa shape index (κ3) is 2.84. The third-order valence-electron chi connectivity index (χ3n) is 4.01. The Morgan fingerprint density at radius 3 is 2.00 bits per heavy atom. The van der Waals surface area contributed by atoms with Crippen LogP contribution < -0.4 is 5.19 Å². The normalized spacial score (nSPS) is 12.7. The molecular weight excluding hydrogens is 264 g/mol. The van der Waals surface area contributed by atoms with Crippen molar-refractivity contribution in [3.8, 4) is 0 Å². The van der Waals surface area contributed by atoms with Crippen LogP contribution in [0.15, 0.2) is 23.1 Å². The second-order valence-corrected chi connectivity index (χ2v) is 11.4. The third-order valence-corrected chi connectivity index (χ3v) is 10.7. The van der Waals surface area contributed by atoms with Crippen LogP contribution in [0.2, 0.25) is 18.1 Å². The fourth-order valence-electron chi connectivity index (χ4n) is 2.60. The average Bonchev–Trinajstić information content (AvgIpc) is 2.30. The predicted octanol–water partition coefficient (Wildman–Crippen LogP) is 2.96. The number of aryl methyl sites for hydroxylation is 1. The van der Waals surface area contributed by atoms with E-state index in [1.165, 1.54) is 0 Å². The summed E-state index contributed by atoms with van der Waals surface area (Å²) in [5, 5.41) is 0.887. The van der Waals surface area contributed by atoms with E-state index in [0.29, 0.717) is 0 Å². The molecule has 0 amide bonds. The second-order valence-electron chi connectivity index (χ2n) is 4.82. The largest absolute Gasteiger partial charge is 0.294 e. The van der Waals surface area contributed by atoms with Crippen LogP contribution in [0.3, 0.4) is 0 Å². The van der Waals surface area contributed by atoms with Crippen LogP contribution in [0.4, 0.5) is 0 Å². The Hall–Kier alpha value is -0.653. The van der Waals surface area contributed by atoms with Crippen LogP contribution in [0, 0.1) is 6.92 Å². The number of hydrogen-bond acceptors (Lipinski definition) is 2. The molecule has 1 N–H and O–H groups in total. The monoisotopic (exact) mass is 286 g/mol. The van der Waals surface area contributed by atoms with Crippen LogP contribution >= 0.6 is 0 Å². The lowest BCUT2D eigenvalue weighted by molar-refractivity contribution is 0.484. The Balaban J connectivity index is 3.60. The molecule has 3 nitrogen and oxygen atoms in total. The molecule has 5 heteroatoms. The molecule has 1 rings (SSSR count). The van der Waals surface area contributed by atoms with E-state index in [9.17, 15) is 13.0 Å². The molecule has 0 aliphatic heterocycles. The van der Waals surface area contributed by atoms with Crippen molar-refractivity contribution in [2.24, 2.45) is 0 Å². The molecule has 0 aliphatic carbocycles. The summed E-state index contributed by atoms with van der Waals surface area (Å²) in [6, 6.07) is 8.21. The maximum atomic E-state index is 11.5. The molecule has 1 aromatic carbocycles. The van der Waals surface area contributed by atoms with Gasteiger partial charge in [0.1, 0.15) is 0 Å². The summed E-state index contributed by atoms with van der Waals surface area (Å²) in [7, 11) is -5.95. The van der Waals surface area contributed by atoms with Crippen molar-refractivity contribution in [2.75, 3.05) is 0 Å². The number of hydrogen-bond donors (Lipinski definition) is 1. The zero-order valence-corrected chi connectivity index (χ0v) is 13.3. The molecule has 1 aromatic rings. The van der Waals surface area contributed by atoms with Crippen LogP contribution in [0.25, 0.3) is 0 Å². The van der Waals surface area contributed by atoms with Gasteiger partial charge in [0.2, 0.25) is 0 Å². The summed E-state index contributed by atoms with van der Waals surface area (Å²) in [4.78, 5) is 0.116.